The second kappa shape index (κ2) is 3.02. The van der Waals surface area contributed by atoms with Crippen LogP contribution in [0.5, 0.6) is 5.75 Å². The average Bonchev–Trinajstić information content (AvgIpc) is 1.91. The van der Waals surface area contributed by atoms with Crippen LogP contribution in [-0.4, -0.2) is 19.8 Å². The molecule has 0 aliphatic rings. The first-order valence-corrected chi connectivity index (χ1v) is 5.05. The lowest BCUT2D eigenvalue weighted by Crippen LogP contribution is -2.09. The number of benzene rings is 1. The largest absolute Gasteiger partial charge is 0.506 e. The second-order valence-corrected chi connectivity index (χ2v) is 4.07. The van der Waals surface area contributed by atoms with E-state index in [4.69, 9.17) is 5.11 Å². The zero-order valence-electron chi connectivity index (χ0n) is 6.40. The molecule has 0 saturated carbocycles. The van der Waals surface area contributed by atoms with Crippen molar-refractivity contribution in [3.8, 4) is 5.75 Å². The van der Waals surface area contributed by atoms with Crippen molar-refractivity contribution in [1.29, 1.82) is 0 Å². The molecule has 1 rings (SSSR count). The molecule has 12 heavy (non-hydrogen) atoms. The summed E-state index contributed by atoms with van der Waals surface area (Å²) in [5.74, 6) is -0.112. The molecule has 0 atom stereocenters. The summed E-state index contributed by atoms with van der Waals surface area (Å²) in [6.07, 6.45) is 1.01. The van der Waals surface area contributed by atoms with Crippen molar-refractivity contribution in [1.82, 2.24) is 0 Å². The number of hydrogen-bond donors (Lipinski definition) is 2. The minimum absolute atomic E-state index is 0.112. The smallest absolute Gasteiger partial charge is 0.229 e. The van der Waals surface area contributed by atoms with Gasteiger partial charge in [0.1, 0.15) is 5.75 Å². The van der Waals surface area contributed by atoms with Crippen molar-refractivity contribution in [3.63, 3.8) is 0 Å². The number of phenolic OH excluding ortho intramolecular Hbond substituents is 1. The van der Waals surface area contributed by atoms with Crippen molar-refractivity contribution >= 4 is 15.7 Å². The van der Waals surface area contributed by atoms with Gasteiger partial charge in [0.2, 0.25) is 10.0 Å². The van der Waals surface area contributed by atoms with Crippen molar-refractivity contribution < 1.29 is 13.5 Å². The molecule has 5 heteroatoms. The Hall–Kier alpha value is -1.23. The first kappa shape index (κ1) is 8.86. The molecule has 65 valence electrons. The molecular weight excluding hydrogens is 178 g/mol. The molecule has 0 aromatic heterocycles. The second-order valence-electron chi connectivity index (χ2n) is 2.32. The summed E-state index contributed by atoms with van der Waals surface area (Å²) >= 11 is 0. The highest BCUT2D eigenvalue weighted by molar-refractivity contribution is 7.92. The first-order valence-electron chi connectivity index (χ1n) is 3.16. The van der Waals surface area contributed by atoms with Gasteiger partial charge in [-0.25, -0.2) is 8.42 Å². The Morgan fingerprint density at radius 1 is 1.58 bits per heavy atom. The van der Waals surface area contributed by atoms with Crippen LogP contribution in [0.4, 0.5) is 5.69 Å². The lowest BCUT2D eigenvalue weighted by molar-refractivity contribution is 0.477. The molecule has 1 aromatic carbocycles. The van der Waals surface area contributed by atoms with Gasteiger partial charge in [-0.15, -0.1) is 0 Å². The molecule has 0 aliphatic carbocycles. The van der Waals surface area contributed by atoms with Gasteiger partial charge < -0.3 is 5.11 Å². The van der Waals surface area contributed by atoms with E-state index >= 15 is 0 Å². The quantitative estimate of drug-likeness (QED) is 0.663. The topological polar surface area (TPSA) is 66.4 Å². The molecule has 0 heterocycles. The van der Waals surface area contributed by atoms with Gasteiger partial charge in [-0.2, -0.15) is 0 Å². The molecule has 0 spiro atoms. The molecule has 4 nitrogen and oxygen atoms in total. The molecule has 2 N–H and O–H groups in total. The summed E-state index contributed by atoms with van der Waals surface area (Å²) < 4.78 is 23.6. The van der Waals surface area contributed by atoms with Gasteiger partial charge in [0.25, 0.3) is 0 Å². The Morgan fingerprint density at radius 3 is 2.75 bits per heavy atom. The van der Waals surface area contributed by atoms with Gasteiger partial charge in [-0.3, -0.25) is 4.72 Å². The van der Waals surface area contributed by atoms with Crippen LogP contribution in [0.25, 0.3) is 0 Å². The maximum absolute atomic E-state index is 10.7. The molecule has 1 radical (unpaired) electrons. The minimum atomic E-state index is -3.33. The fourth-order valence-corrected chi connectivity index (χ4v) is 1.27. The van der Waals surface area contributed by atoms with Crippen LogP contribution in [-0.2, 0) is 10.0 Å². The third kappa shape index (κ3) is 2.43. The Labute approximate surface area is 70.9 Å². The van der Waals surface area contributed by atoms with Gasteiger partial charge in [-0.05, 0) is 18.2 Å². The van der Waals surface area contributed by atoms with Crippen LogP contribution in [0, 0.1) is 6.07 Å². The Kier molecular flexibility index (Phi) is 2.23. The summed E-state index contributed by atoms with van der Waals surface area (Å²) in [4.78, 5) is 0. The summed E-state index contributed by atoms with van der Waals surface area (Å²) in [5, 5.41) is 9.13. The molecule has 0 unspecified atom stereocenters. The molecule has 0 aliphatic heterocycles. The van der Waals surface area contributed by atoms with E-state index in [9.17, 15) is 8.42 Å². The van der Waals surface area contributed by atoms with E-state index in [0.29, 0.717) is 0 Å². The maximum Gasteiger partial charge on any atom is 0.229 e. The molecule has 0 saturated heterocycles. The molecule has 0 fully saturated rings. The molecule has 0 amide bonds. The van der Waals surface area contributed by atoms with Crippen molar-refractivity contribution in [2.45, 2.75) is 0 Å². The summed E-state index contributed by atoms with van der Waals surface area (Å²) in [6.45, 7) is 0. The number of nitrogens with one attached hydrogen (secondary N) is 1. The van der Waals surface area contributed by atoms with Crippen LogP contribution in [0.15, 0.2) is 18.2 Å². The number of anilines is 1. The number of phenols is 1. The maximum atomic E-state index is 10.7. The Bertz CT molecular complexity index is 372. The van der Waals surface area contributed by atoms with Gasteiger partial charge in [0, 0.05) is 0 Å². The van der Waals surface area contributed by atoms with E-state index in [2.05, 4.69) is 10.8 Å². The Balaban J connectivity index is 2.98. The SMILES string of the molecule is CS(=O)(=O)Nc1c[c]ccc1O. The van der Waals surface area contributed by atoms with Crippen LogP contribution in [0.1, 0.15) is 0 Å². The van der Waals surface area contributed by atoms with Crippen LogP contribution in [0.2, 0.25) is 0 Å². The monoisotopic (exact) mass is 186 g/mol. The van der Waals surface area contributed by atoms with Crippen LogP contribution >= 0.6 is 0 Å². The highest BCUT2D eigenvalue weighted by Crippen LogP contribution is 2.21. The zero-order valence-corrected chi connectivity index (χ0v) is 7.22. The van der Waals surface area contributed by atoms with Crippen molar-refractivity contribution in [2.24, 2.45) is 0 Å². The minimum Gasteiger partial charge on any atom is -0.506 e. The average molecular weight is 186 g/mol. The van der Waals surface area contributed by atoms with E-state index in [1.54, 1.807) is 0 Å². The normalized spacial score (nSPS) is 11.1. The molecule has 0 bridgehead atoms. The number of aromatic hydroxyl groups is 1. The van der Waals surface area contributed by atoms with E-state index in [0.717, 1.165) is 6.26 Å². The summed E-state index contributed by atoms with van der Waals surface area (Å²) in [6, 6.07) is 6.84. The molecular formula is C7H8NO3S. The lowest BCUT2D eigenvalue weighted by atomic mass is 10.3. The molecule has 1 aromatic rings. The Morgan fingerprint density at radius 2 is 2.25 bits per heavy atom. The third-order valence-electron chi connectivity index (χ3n) is 1.14. The van der Waals surface area contributed by atoms with E-state index in [1.807, 2.05) is 0 Å². The van der Waals surface area contributed by atoms with E-state index in [-0.39, 0.29) is 11.4 Å². The third-order valence-corrected chi connectivity index (χ3v) is 1.73. The summed E-state index contributed by atoms with van der Waals surface area (Å²) in [5.41, 5.74) is 0.139. The van der Waals surface area contributed by atoms with Gasteiger partial charge >= 0.3 is 0 Å². The lowest BCUT2D eigenvalue weighted by Gasteiger charge is -2.04. The fraction of sp³-hybridized carbons (Fsp3) is 0.143. The predicted octanol–water partition coefficient (Wildman–Crippen LogP) is 0.564. The van der Waals surface area contributed by atoms with Crippen LogP contribution < -0.4 is 4.72 Å². The van der Waals surface area contributed by atoms with Gasteiger partial charge in [0.05, 0.1) is 11.9 Å². The van der Waals surface area contributed by atoms with E-state index < -0.39 is 10.0 Å². The van der Waals surface area contributed by atoms with Crippen LogP contribution in [0.3, 0.4) is 0 Å². The number of sulfonamides is 1. The standard InChI is InChI=1S/C7H8NO3S/c1-12(10,11)8-6-4-2-3-5-7(6)9/h3-5,8-9H,1H3. The fourth-order valence-electron chi connectivity index (χ4n) is 0.704. The summed E-state index contributed by atoms with van der Waals surface area (Å²) in [7, 11) is -3.33. The van der Waals surface area contributed by atoms with Gasteiger partial charge in [0.15, 0.2) is 0 Å². The number of rotatable bonds is 2. The zero-order chi connectivity index (χ0) is 9.19. The first-order chi connectivity index (χ1) is 5.49. The number of hydrogen-bond acceptors (Lipinski definition) is 3. The highest BCUT2D eigenvalue weighted by Gasteiger charge is 2.04. The highest BCUT2D eigenvalue weighted by atomic mass is 32.2. The van der Waals surface area contributed by atoms with Crippen molar-refractivity contribution in [2.75, 3.05) is 11.0 Å². The van der Waals surface area contributed by atoms with Crippen molar-refractivity contribution in [3.05, 3.63) is 24.3 Å². The van der Waals surface area contributed by atoms with E-state index in [1.165, 1.54) is 18.2 Å². The van der Waals surface area contributed by atoms with Gasteiger partial charge in [-0.1, -0.05) is 6.07 Å². The predicted molar refractivity (Wildman–Crippen MR) is 45.4 cm³/mol.